The number of aryl methyl sites for hydroxylation is 1. The van der Waals surface area contributed by atoms with Crippen molar-refractivity contribution in [1.29, 1.82) is 0 Å². The highest BCUT2D eigenvalue weighted by Gasteiger charge is 2.21. The Balaban J connectivity index is 1.85. The van der Waals surface area contributed by atoms with Crippen LogP contribution in [-0.2, 0) is 7.05 Å². The van der Waals surface area contributed by atoms with E-state index in [-0.39, 0.29) is 5.88 Å². The topological polar surface area (TPSA) is 130 Å². The molecule has 10 heteroatoms. The minimum Gasteiger partial charge on any atom is -0.491 e. The number of aromatic nitrogens is 5. The Morgan fingerprint density at radius 1 is 1.18 bits per heavy atom. The molecule has 3 heterocycles. The summed E-state index contributed by atoms with van der Waals surface area (Å²) in [6, 6.07) is 11.7. The number of fused-ring (bicyclic) bond motifs is 1. The number of nitrogens with zero attached hydrogens (tertiary/aromatic N) is 6. The zero-order valence-corrected chi connectivity index (χ0v) is 18.9. The fourth-order valence-electron chi connectivity index (χ4n) is 3.43. The molecule has 1 atom stereocenters. The van der Waals surface area contributed by atoms with E-state index in [0.29, 0.717) is 28.2 Å². The third-order valence-electron chi connectivity index (χ3n) is 5.00. The fourth-order valence-corrected chi connectivity index (χ4v) is 3.43. The Labute approximate surface area is 191 Å². The van der Waals surface area contributed by atoms with Crippen LogP contribution in [0.15, 0.2) is 60.8 Å². The third-order valence-corrected chi connectivity index (χ3v) is 5.00. The molecule has 4 rings (SSSR count). The van der Waals surface area contributed by atoms with Gasteiger partial charge in [0.25, 0.3) is 5.88 Å². The van der Waals surface area contributed by atoms with Gasteiger partial charge in [0.2, 0.25) is 0 Å². The maximum absolute atomic E-state index is 6.09. The molecule has 10 nitrogen and oxygen atoms in total. The minimum atomic E-state index is -0.499. The van der Waals surface area contributed by atoms with Gasteiger partial charge in [-0.1, -0.05) is 30.3 Å². The number of ether oxygens (including phenoxy) is 2. The van der Waals surface area contributed by atoms with Crippen LogP contribution in [0, 0.1) is 0 Å². The van der Waals surface area contributed by atoms with E-state index >= 15 is 0 Å². The summed E-state index contributed by atoms with van der Waals surface area (Å²) in [4.78, 5) is 13.7. The van der Waals surface area contributed by atoms with E-state index in [4.69, 9.17) is 26.0 Å². The number of pyridine rings is 1. The van der Waals surface area contributed by atoms with Crippen LogP contribution in [0.25, 0.3) is 33.5 Å². The summed E-state index contributed by atoms with van der Waals surface area (Å²) >= 11 is 0. The van der Waals surface area contributed by atoms with E-state index in [1.54, 1.807) is 38.0 Å². The van der Waals surface area contributed by atoms with Crippen LogP contribution in [-0.4, -0.2) is 50.0 Å². The predicted molar refractivity (Wildman–Crippen MR) is 126 cm³/mol. The van der Waals surface area contributed by atoms with E-state index in [2.05, 4.69) is 15.1 Å². The molecule has 4 aromatic rings. The Kier molecular flexibility index (Phi) is 6.09. The molecule has 0 aliphatic heterocycles. The van der Waals surface area contributed by atoms with Crippen LogP contribution in [0.2, 0.25) is 0 Å². The second kappa shape index (κ2) is 9.13. The van der Waals surface area contributed by atoms with E-state index in [1.165, 1.54) is 11.3 Å². The van der Waals surface area contributed by atoms with E-state index < -0.39 is 6.10 Å². The summed E-state index contributed by atoms with van der Waals surface area (Å²) < 4.78 is 13.3. The van der Waals surface area contributed by atoms with E-state index in [1.807, 2.05) is 43.6 Å². The van der Waals surface area contributed by atoms with Gasteiger partial charge in [-0.25, -0.2) is 20.8 Å². The maximum Gasteiger partial charge on any atom is 0.258 e. The van der Waals surface area contributed by atoms with Gasteiger partial charge in [0.1, 0.15) is 29.3 Å². The van der Waals surface area contributed by atoms with Crippen molar-refractivity contribution in [2.24, 2.45) is 18.6 Å². The van der Waals surface area contributed by atoms with Gasteiger partial charge in [0.05, 0.1) is 18.3 Å². The van der Waals surface area contributed by atoms with Gasteiger partial charge >= 0.3 is 0 Å². The maximum atomic E-state index is 6.09. The SMILES string of the molecule is COc1cc2ncnc(-c3cn(C)nc3-c3ccccc3)c2nc1OC(C)/C(N)=C/N(C)N. The largest absolute Gasteiger partial charge is 0.491 e. The summed E-state index contributed by atoms with van der Waals surface area (Å²) in [5.41, 5.74) is 10.9. The van der Waals surface area contributed by atoms with Crippen LogP contribution in [0.1, 0.15) is 6.92 Å². The number of hydrazine groups is 1. The molecule has 33 heavy (non-hydrogen) atoms. The van der Waals surface area contributed by atoms with Crippen LogP contribution >= 0.6 is 0 Å². The van der Waals surface area contributed by atoms with Crippen LogP contribution in [0.3, 0.4) is 0 Å². The average molecular weight is 447 g/mol. The highest BCUT2D eigenvalue weighted by molar-refractivity contribution is 5.94. The summed E-state index contributed by atoms with van der Waals surface area (Å²) in [5, 5.41) is 6.01. The molecule has 0 saturated heterocycles. The summed E-state index contributed by atoms with van der Waals surface area (Å²) in [7, 11) is 5.09. The highest BCUT2D eigenvalue weighted by Crippen LogP contribution is 2.36. The second-order valence-electron chi connectivity index (χ2n) is 7.57. The molecule has 0 aliphatic carbocycles. The van der Waals surface area contributed by atoms with Gasteiger partial charge in [0, 0.05) is 43.7 Å². The molecule has 170 valence electrons. The van der Waals surface area contributed by atoms with E-state index in [9.17, 15) is 0 Å². The van der Waals surface area contributed by atoms with Crippen molar-refractivity contribution in [2.75, 3.05) is 14.2 Å². The standard InChI is InChI=1S/C23H26N8O2/c1-14(17(24)12-30(2)25)33-23-19(32-4)10-18-22(28-23)21(27-13-26-18)16-11-31(3)29-20(16)15-8-6-5-7-9-15/h5-14H,24-25H2,1-4H3/b17-12-. The van der Waals surface area contributed by atoms with Crippen LogP contribution in [0.4, 0.5) is 0 Å². The van der Waals surface area contributed by atoms with Gasteiger partial charge in [-0.2, -0.15) is 5.10 Å². The van der Waals surface area contributed by atoms with Crippen LogP contribution < -0.4 is 21.1 Å². The number of benzene rings is 1. The van der Waals surface area contributed by atoms with Gasteiger partial charge in [0.15, 0.2) is 5.75 Å². The molecule has 0 bridgehead atoms. The molecule has 0 aliphatic rings. The molecule has 0 amide bonds. The zero-order chi connectivity index (χ0) is 23.5. The van der Waals surface area contributed by atoms with Gasteiger partial charge in [-0.05, 0) is 6.92 Å². The summed E-state index contributed by atoms with van der Waals surface area (Å²) in [5.74, 6) is 6.37. The van der Waals surface area contributed by atoms with Crippen molar-refractivity contribution in [3.8, 4) is 34.1 Å². The molecular formula is C23H26N8O2. The number of hydrogen-bond donors (Lipinski definition) is 2. The van der Waals surface area contributed by atoms with Gasteiger partial charge < -0.3 is 20.2 Å². The Morgan fingerprint density at radius 2 is 1.94 bits per heavy atom. The lowest BCUT2D eigenvalue weighted by atomic mass is 10.0. The minimum absolute atomic E-state index is 0.273. The number of nitrogens with two attached hydrogens (primary N) is 2. The molecule has 1 unspecified atom stereocenters. The normalized spacial score (nSPS) is 12.6. The highest BCUT2D eigenvalue weighted by atomic mass is 16.5. The van der Waals surface area contributed by atoms with Crippen molar-refractivity contribution >= 4 is 11.0 Å². The zero-order valence-electron chi connectivity index (χ0n) is 18.9. The quantitative estimate of drug-likeness (QED) is 0.325. The first-order valence-electron chi connectivity index (χ1n) is 10.3. The molecule has 4 N–H and O–H groups in total. The van der Waals surface area contributed by atoms with Gasteiger partial charge in [-0.15, -0.1) is 0 Å². The first kappa shape index (κ1) is 22.0. The first-order valence-corrected chi connectivity index (χ1v) is 10.3. The Hall–Kier alpha value is -4.18. The van der Waals surface area contributed by atoms with Crippen molar-refractivity contribution in [3.63, 3.8) is 0 Å². The Morgan fingerprint density at radius 3 is 2.64 bits per heavy atom. The lowest BCUT2D eigenvalue weighted by Gasteiger charge is -2.18. The van der Waals surface area contributed by atoms with Crippen LogP contribution in [0.5, 0.6) is 11.6 Å². The lowest BCUT2D eigenvalue weighted by molar-refractivity contribution is 0.230. The number of rotatable bonds is 7. The molecule has 0 spiro atoms. The van der Waals surface area contributed by atoms with Crippen molar-refractivity contribution in [1.82, 2.24) is 29.7 Å². The molecule has 0 saturated carbocycles. The van der Waals surface area contributed by atoms with Crippen molar-refractivity contribution in [2.45, 2.75) is 13.0 Å². The fraction of sp³-hybridized carbons (Fsp3) is 0.217. The lowest BCUT2D eigenvalue weighted by Crippen LogP contribution is -2.27. The predicted octanol–water partition coefficient (Wildman–Crippen LogP) is 2.47. The number of hydrogen-bond acceptors (Lipinski definition) is 9. The monoisotopic (exact) mass is 446 g/mol. The van der Waals surface area contributed by atoms with Crippen molar-refractivity contribution < 1.29 is 9.47 Å². The molecule has 1 aromatic carbocycles. The average Bonchev–Trinajstić information content (AvgIpc) is 3.19. The molecule has 0 fully saturated rings. The third kappa shape index (κ3) is 4.55. The Bertz CT molecular complexity index is 1300. The summed E-state index contributed by atoms with van der Waals surface area (Å²) in [6.45, 7) is 1.80. The molecular weight excluding hydrogens is 420 g/mol. The first-order chi connectivity index (χ1) is 15.9. The van der Waals surface area contributed by atoms with Crippen molar-refractivity contribution in [3.05, 3.63) is 60.8 Å². The number of methoxy groups -OCH3 is 1. The molecule has 0 radical (unpaired) electrons. The smallest absolute Gasteiger partial charge is 0.258 e. The second-order valence-corrected chi connectivity index (χ2v) is 7.57. The summed E-state index contributed by atoms with van der Waals surface area (Å²) in [6.07, 6.45) is 4.49. The molecule has 3 aromatic heterocycles. The van der Waals surface area contributed by atoms with Gasteiger partial charge in [-0.3, -0.25) is 4.68 Å². The van der Waals surface area contributed by atoms with E-state index in [0.717, 1.165) is 16.8 Å².